The molecule has 1 aromatic carbocycles. The zero-order valence-electron chi connectivity index (χ0n) is 10.4. The third kappa shape index (κ3) is 3.37. The van der Waals surface area contributed by atoms with E-state index in [0.717, 1.165) is 16.4 Å². The predicted octanol–water partition coefficient (Wildman–Crippen LogP) is 1.89. The Bertz CT molecular complexity index is 479. The highest BCUT2D eigenvalue weighted by molar-refractivity contribution is 14.1. The molecule has 6 heteroatoms. The van der Waals surface area contributed by atoms with Crippen molar-refractivity contribution in [2.45, 2.75) is 12.8 Å². The molecule has 3 N–H and O–H groups in total. The minimum absolute atomic E-state index is 0.0503. The molecule has 1 aliphatic rings. The summed E-state index contributed by atoms with van der Waals surface area (Å²) in [5.74, 6) is 0.390. The highest BCUT2D eigenvalue weighted by Crippen LogP contribution is 2.19. The van der Waals surface area contributed by atoms with Crippen molar-refractivity contribution in [3.63, 3.8) is 0 Å². The third-order valence-electron chi connectivity index (χ3n) is 3.41. The van der Waals surface area contributed by atoms with Crippen LogP contribution >= 0.6 is 22.6 Å². The molecule has 0 saturated carbocycles. The van der Waals surface area contributed by atoms with Gasteiger partial charge in [-0.25, -0.2) is 0 Å². The molecule has 0 aliphatic carbocycles. The molecule has 1 saturated heterocycles. The smallest absolute Gasteiger partial charge is 0.253 e. The van der Waals surface area contributed by atoms with Crippen molar-refractivity contribution in [2.75, 3.05) is 13.1 Å². The summed E-state index contributed by atoms with van der Waals surface area (Å²) in [6.45, 7) is 1.29. The number of hydrogen-bond donors (Lipinski definition) is 2. The average molecular weight is 373 g/mol. The first-order chi connectivity index (χ1) is 9.11. The minimum atomic E-state index is 0.0503. The number of benzene rings is 1. The van der Waals surface area contributed by atoms with Crippen LogP contribution in [0.15, 0.2) is 29.4 Å². The average Bonchev–Trinajstić information content (AvgIpc) is 2.46. The van der Waals surface area contributed by atoms with Crippen molar-refractivity contribution in [1.82, 2.24) is 4.90 Å². The number of halogens is 1. The summed E-state index contributed by atoms with van der Waals surface area (Å²) < 4.78 is 1.11. The van der Waals surface area contributed by atoms with Gasteiger partial charge in [-0.15, -0.1) is 0 Å². The Balaban J connectivity index is 1.98. The lowest BCUT2D eigenvalue weighted by Crippen LogP contribution is -2.41. The van der Waals surface area contributed by atoms with Gasteiger partial charge in [0.25, 0.3) is 5.91 Å². The number of piperidine rings is 1. The first-order valence-electron chi connectivity index (χ1n) is 6.14. The second-order valence-electron chi connectivity index (χ2n) is 4.60. The van der Waals surface area contributed by atoms with Crippen LogP contribution in [-0.4, -0.2) is 34.9 Å². The summed E-state index contributed by atoms with van der Waals surface area (Å²) in [7, 11) is 0. The molecule has 0 radical (unpaired) electrons. The molecule has 0 aromatic heterocycles. The van der Waals surface area contributed by atoms with Crippen LogP contribution in [0.25, 0.3) is 0 Å². The minimum Gasteiger partial charge on any atom is -0.409 e. The molecule has 1 aromatic rings. The van der Waals surface area contributed by atoms with Crippen LogP contribution in [0, 0.1) is 9.49 Å². The van der Waals surface area contributed by atoms with Crippen molar-refractivity contribution in [2.24, 2.45) is 16.8 Å². The van der Waals surface area contributed by atoms with Crippen molar-refractivity contribution < 1.29 is 10.0 Å². The summed E-state index contributed by atoms with van der Waals surface area (Å²) in [5, 5.41) is 11.7. The molecule has 2 rings (SSSR count). The molecule has 102 valence electrons. The van der Waals surface area contributed by atoms with E-state index in [9.17, 15) is 4.79 Å². The van der Waals surface area contributed by atoms with Crippen molar-refractivity contribution in [1.29, 1.82) is 0 Å². The second-order valence-corrected chi connectivity index (χ2v) is 5.84. The lowest BCUT2D eigenvalue weighted by atomic mass is 9.95. The van der Waals surface area contributed by atoms with Gasteiger partial charge in [-0.3, -0.25) is 4.79 Å². The Kier molecular flexibility index (Phi) is 4.62. The molecule has 1 fully saturated rings. The van der Waals surface area contributed by atoms with Gasteiger partial charge in [0, 0.05) is 28.1 Å². The van der Waals surface area contributed by atoms with Crippen molar-refractivity contribution in [3.05, 3.63) is 33.4 Å². The molecule has 1 aliphatic heterocycles. The highest BCUT2D eigenvalue weighted by atomic mass is 127. The van der Waals surface area contributed by atoms with Crippen LogP contribution in [0.2, 0.25) is 0 Å². The largest absolute Gasteiger partial charge is 0.409 e. The van der Waals surface area contributed by atoms with Crippen LogP contribution in [-0.2, 0) is 0 Å². The molecule has 19 heavy (non-hydrogen) atoms. The predicted molar refractivity (Wildman–Crippen MR) is 81.2 cm³/mol. The maximum Gasteiger partial charge on any atom is 0.253 e. The van der Waals surface area contributed by atoms with Crippen LogP contribution < -0.4 is 5.73 Å². The SMILES string of the molecule is NC(=NO)C1CCN(C(=O)c2ccc(I)cc2)CC1. The number of carbonyl (C=O) groups excluding carboxylic acids is 1. The van der Waals surface area contributed by atoms with E-state index >= 15 is 0 Å². The lowest BCUT2D eigenvalue weighted by molar-refractivity contribution is 0.0709. The van der Waals surface area contributed by atoms with Crippen molar-refractivity contribution >= 4 is 34.3 Å². The summed E-state index contributed by atoms with van der Waals surface area (Å²) in [4.78, 5) is 14.1. The fourth-order valence-electron chi connectivity index (χ4n) is 2.24. The molecule has 1 amide bonds. The quantitative estimate of drug-likeness (QED) is 0.273. The summed E-state index contributed by atoms with van der Waals surface area (Å²) >= 11 is 2.21. The number of amidine groups is 1. The van der Waals surface area contributed by atoms with Gasteiger partial charge < -0.3 is 15.8 Å². The van der Waals surface area contributed by atoms with Gasteiger partial charge in [-0.2, -0.15) is 0 Å². The van der Waals surface area contributed by atoms with Gasteiger partial charge in [0.2, 0.25) is 0 Å². The Labute approximate surface area is 125 Å². The number of hydrogen-bond acceptors (Lipinski definition) is 3. The Morgan fingerprint density at radius 2 is 1.89 bits per heavy atom. The van der Waals surface area contributed by atoms with Gasteiger partial charge in [0.05, 0.1) is 0 Å². The molecule has 1 heterocycles. The normalized spacial score (nSPS) is 17.5. The highest BCUT2D eigenvalue weighted by Gasteiger charge is 2.25. The van der Waals surface area contributed by atoms with Gasteiger partial charge in [-0.1, -0.05) is 5.16 Å². The van der Waals surface area contributed by atoms with Gasteiger partial charge in [0.1, 0.15) is 5.84 Å². The first-order valence-corrected chi connectivity index (χ1v) is 7.22. The molecular formula is C13H16IN3O2. The van der Waals surface area contributed by atoms with E-state index in [1.165, 1.54) is 0 Å². The number of carbonyl (C=O) groups is 1. The van der Waals surface area contributed by atoms with E-state index in [2.05, 4.69) is 27.7 Å². The fraction of sp³-hybridized carbons (Fsp3) is 0.385. The number of nitrogens with zero attached hydrogens (tertiary/aromatic N) is 2. The molecule has 0 unspecified atom stereocenters. The summed E-state index contributed by atoms with van der Waals surface area (Å²) in [6, 6.07) is 7.55. The fourth-order valence-corrected chi connectivity index (χ4v) is 2.59. The monoisotopic (exact) mass is 373 g/mol. The van der Waals surface area contributed by atoms with E-state index in [-0.39, 0.29) is 17.7 Å². The maximum atomic E-state index is 12.3. The van der Waals surface area contributed by atoms with E-state index in [1.807, 2.05) is 29.2 Å². The first kappa shape index (κ1) is 14.1. The van der Waals surface area contributed by atoms with Gasteiger partial charge in [0.15, 0.2) is 0 Å². The number of nitrogens with two attached hydrogens (primary N) is 1. The van der Waals surface area contributed by atoms with Gasteiger partial charge >= 0.3 is 0 Å². The van der Waals surface area contributed by atoms with E-state index < -0.39 is 0 Å². The maximum absolute atomic E-state index is 12.3. The molecule has 0 atom stereocenters. The zero-order valence-corrected chi connectivity index (χ0v) is 12.6. The molecule has 0 spiro atoms. The number of oxime groups is 1. The Morgan fingerprint density at radius 1 is 1.32 bits per heavy atom. The second kappa shape index (κ2) is 6.23. The van der Waals surface area contributed by atoms with Crippen LogP contribution in [0.5, 0.6) is 0 Å². The van der Waals surface area contributed by atoms with E-state index in [1.54, 1.807) is 0 Å². The molecule has 5 nitrogen and oxygen atoms in total. The Morgan fingerprint density at radius 3 is 2.42 bits per heavy atom. The molecule has 0 bridgehead atoms. The standard InChI is InChI=1S/C13H16IN3O2/c14-11-3-1-10(2-4-11)13(18)17-7-5-9(6-8-17)12(15)16-19/h1-4,9,19H,5-8H2,(H2,15,16). The number of amides is 1. The van der Waals surface area contributed by atoms with Gasteiger partial charge in [-0.05, 0) is 59.7 Å². The van der Waals surface area contributed by atoms with Crippen LogP contribution in [0.4, 0.5) is 0 Å². The topological polar surface area (TPSA) is 78.9 Å². The van der Waals surface area contributed by atoms with Crippen LogP contribution in [0.1, 0.15) is 23.2 Å². The van der Waals surface area contributed by atoms with Crippen LogP contribution in [0.3, 0.4) is 0 Å². The molecular weight excluding hydrogens is 357 g/mol. The number of likely N-dealkylation sites (tertiary alicyclic amines) is 1. The number of rotatable bonds is 2. The third-order valence-corrected chi connectivity index (χ3v) is 4.13. The van der Waals surface area contributed by atoms with E-state index in [4.69, 9.17) is 10.9 Å². The van der Waals surface area contributed by atoms with E-state index in [0.29, 0.717) is 18.7 Å². The lowest BCUT2D eigenvalue weighted by Gasteiger charge is -2.31. The summed E-state index contributed by atoms with van der Waals surface area (Å²) in [6.07, 6.45) is 1.48. The van der Waals surface area contributed by atoms with Crippen molar-refractivity contribution in [3.8, 4) is 0 Å². The zero-order chi connectivity index (χ0) is 13.8. The summed E-state index contributed by atoms with van der Waals surface area (Å²) in [5.41, 5.74) is 6.30. The Hall–Kier alpha value is -1.31.